The molecule has 126 valence electrons. The molecule has 0 aromatic heterocycles. The molecule has 2 aromatic rings. The zero-order chi connectivity index (χ0) is 17.5. The zero-order valence-electron chi connectivity index (χ0n) is 14.5. The average Bonchev–Trinajstić information content (AvgIpc) is 2.55. The number of hydrogen-bond donors (Lipinski definition) is 1. The molecule has 0 spiro atoms. The Morgan fingerprint density at radius 1 is 1.00 bits per heavy atom. The molecule has 0 saturated heterocycles. The van der Waals surface area contributed by atoms with Crippen LogP contribution in [-0.4, -0.2) is 24.9 Å². The van der Waals surface area contributed by atoms with Crippen LogP contribution in [-0.2, 0) is 4.79 Å². The van der Waals surface area contributed by atoms with Crippen molar-refractivity contribution in [2.24, 2.45) is 0 Å². The molecule has 24 heavy (non-hydrogen) atoms. The van der Waals surface area contributed by atoms with Crippen molar-refractivity contribution in [3.8, 4) is 0 Å². The molecule has 2 amide bonds. The SMILES string of the molecule is CCN(C(=O)CCNC(=O)c1cccc(C)c1)c1cccc(C)c1. The van der Waals surface area contributed by atoms with Gasteiger partial charge in [0.1, 0.15) is 0 Å². The van der Waals surface area contributed by atoms with Gasteiger partial charge in [-0.3, -0.25) is 9.59 Å². The third-order valence-corrected chi connectivity index (χ3v) is 3.84. The lowest BCUT2D eigenvalue weighted by Crippen LogP contribution is -2.34. The summed E-state index contributed by atoms with van der Waals surface area (Å²) >= 11 is 0. The minimum Gasteiger partial charge on any atom is -0.352 e. The molecule has 1 N–H and O–H groups in total. The van der Waals surface area contributed by atoms with E-state index in [0.29, 0.717) is 18.7 Å². The van der Waals surface area contributed by atoms with Crippen molar-refractivity contribution in [1.82, 2.24) is 5.32 Å². The Labute approximate surface area is 143 Å². The first kappa shape index (κ1) is 17.7. The number of aryl methyl sites for hydroxylation is 2. The summed E-state index contributed by atoms with van der Waals surface area (Å²) in [5.74, 6) is -0.141. The smallest absolute Gasteiger partial charge is 0.251 e. The molecule has 0 aliphatic rings. The first-order valence-electron chi connectivity index (χ1n) is 8.23. The fraction of sp³-hybridized carbons (Fsp3) is 0.300. The predicted molar refractivity (Wildman–Crippen MR) is 97.3 cm³/mol. The first-order chi connectivity index (χ1) is 11.5. The normalized spacial score (nSPS) is 10.3. The van der Waals surface area contributed by atoms with Crippen LogP contribution in [0, 0.1) is 13.8 Å². The lowest BCUT2D eigenvalue weighted by atomic mass is 10.1. The maximum atomic E-state index is 12.4. The molecule has 2 aromatic carbocycles. The number of carbonyl (C=O) groups is 2. The Kier molecular flexibility index (Phi) is 6.13. The third-order valence-electron chi connectivity index (χ3n) is 3.84. The van der Waals surface area contributed by atoms with Crippen LogP contribution in [0.25, 0.3) is 0 Å². The molecule has 0 aliphatic carbocycles. The van der Waals surface area contributed by atoms with E-state index in [-0.39, 0.29) is 18.2 Å². The highest BCUT2D eigenvalue weighted by Crippen LogP contribution is 2.16. The van der Waals surface area contributed by atoms with Crippen molar-refractivity contribution in [1.29, 1.82) is 0 Å². The Morgan fingerprint density at radius 3 is 2.29 bits per heavy atom. The molecule has 0 heterocycles. The van der Waals surface area contributed by atoms with Gasteiger partial charge in [0.05, 0.1) is 0 Å². The maximum absolute atomic E-state index is 12.4. The summed E-state index contributed by atoms with van der Waals surface area (Å²) < 4.78 is 0. The standard InChI is InChI=1S/C20H24N2O2/c1-4-22(18-10-6-8-16(3)14-18)19(23)11-12-21-20(24)17-9-5-7-15(2)13-17/h5-10,13-14H,4,11-12H2,1-3H3,(H,21,24). The minimum absolute atomic E-state index is 0.00708. The Balaban J connectivity index is 1.91. The number of rotatable bonds is 6. The van der Waals surface area contributed by atoms with Gasteiger partial charge in [-0.05, 0) is 50.6 Å². The van der Waals surface area contributed by atoms with Gasteiger partial charge in [0.2, 0.25) is 5.91 Å². The molecular formula is C20H24N2O2. The van der Waals surface area contributed by atoms with Gasteiger partial charge in [0, 0.05) is 30.8 Å². The highest BCUT2D eigenvalue weighted by atomic mass is 16.2. The molecule has 4 nitrogen and oxygen atoms in total. The molecular weight excluding hydrogens is 300 g/mol. The number of anilines is 1. The summed E-state index contributed by atoms with van der Waals surface area (Å²) in [5, 5.41) is 2.81. The predicted octanol–water partition coefficient (Wildman–Crippen LogP) is 3.48. The van der Waals surface area contributed by atoms with Gasteiger partial charge in [-0.15, -0.1) is 0 Å². The van der Waals surface area contributed by atoms with Crippen LogP contribution in [0.2, 0.25) is 0 Å². The van der Waals surface area contributed by atoms with E-state index in [4.69, 9.17) is 0 Å². The van der Waals surface area contributed by atoms with Gasteiger partial charge in [-0.1, -0.05) is 29.8 Å². The van der Waals surface area contributed by atoms with Gasteiger partial charge in [-0.25, -0.2) is 0 Å². The Hall–Kier alpha value is -2.62. The van der Waals surface area contributed by atoms with E-state index in [1.54, 1.807) is 11.0 Å². The van der Waals surface area contributed by atoms with Crippen LogP contribution in [0.5, 0.6) is 0 Å². The van der Waals surface area contributed by atoms with E-state index < -0.39 is 0 Å². The van der Waals surface area contributed by atoms with Gasteiger partial charge in [0.15, 0.2) is 0 Å². The highest BCUT2D eigenvalue weighted by molar-refractivity contribution is 5.96. The van der Waals surface area contributed by atoms with Crippen LogP contribution in [0.4, 0.5) is 5.69 Å². The van der Waals surface area contributed by atoms with Crippen LogP contribution in [0.1, 0.15) is 34.8 Å². The number of benzene rings is 2. The molecule has 2 rings (SSSR count). The van der Waals surface area contributed by atoms with Crippen LogP contribution in [0.3, 0.4) is 0 Å². The number of nitrogens with zero attached hydrogens (tertiary/aromatic N) is 1. The van der Waals surface area contributed by atoms with E-state index in [2.05, 4.69) is 5.32 Å². The van der Waals surface area contributed by atoms with Crippen molar-refractivity contribution < 1.29 is 9.59 Å². The lowest BCUT2D eigenvalue weighted by Gasteiger charge is -2.21. The maximum Gasteiger partial charge on any atom is 0.251 e. The Morgan fingerprint density at radius 2 is 1.67 bits per heavy atom. The zero-order valence-corrected chi connectivity index (χ0v) is 14.5. The highest BCUT2D eigenvalue weighted by Gasteiger charge is 2.14. The van der Waals surface area contributed by atoms with Gasteiger partial charge in [0.25, 0.3) is 5.91 Å². The molecule has 4 heteroatoms. The first-order valence-corrected chi connectivity index (χ1v) is 8.23. The summed E-state index contributed by atoms with van der Waals surface area (Å²) in [5.41, 5.74) is 3.67. The van der Waals surface area contributed by atoms with Gasteiger partial charge in [-0.2, -0.15) is 0 Å². The quantitative estimate of drug-likeness (QED) is 0.884. The third kappa shape index (κ3) is 4.69. The number of amides is 2. The van der Waals surface area contributed by atoms with Crippen molar-refractivity contribution >= 4 is 17.5 Å². The van der Waals surface area contributed by atoms with Gasteiger partial charge >= 0.3 is 0 Å². The molecule has 0 unspecified atom stereocenters. The topological polar surface area (TPSA) is 49.4 Å². The summed E-state index contributed by atoms with van der Waals surface area (Å²) in [6, 6.07) is 15.3. The van der Waals surface area contributed by atoms with E-state index >= 15 is 0 Å². The molecule has 0 saturated carbocycles. The average molecular weight is 324 g/mol. The number of carbonyl (C=O) groups excluding carboxylic acids is 2. The van der Waals surface area contributed by atoms with E-state index in [0.717, 1.165) is 16.8 Å². The van der Waals surface area contributed by atoms with Crippen LogP contribution >= 0.6 is 0 Å². The van der Waals surface area contributed by atoms with E-state index in [1.165, 1.54) is 0 Å². The molecule has 0 aliphatic heterocycles. The molecule has 0 radical (unpaired) electrons. The fourth-order valence-electron chi connectivity index (χ4n) is 2.61. The summed E-state index contributed by atoms with van der Waals surface area (Å²) in [6.07, 6.45) is 0.277. The number of nitrogens with one attached hydrogen (secondary N) is 1. The van der Waals surface area contributed by atoms with E-state index in [1.807, 2.05) is 63.2 Å². The van der Waals surface area contributed by atoms with Crippen molar-refractivity contribution in [2.75, 3.05) is 18.0 Å². The lowest BCUT2D eigenvalue weighted by molar-refractivity contribution is -0.118. The van der Waals surface area contributed by atoms with Crippen molar-refractivity contribution in [3.63, 3.8) is 0 Å². The molecule has 0 fully saturated rings. The fourth-order valence-corrected chi connectivity index (χ4v) is 2.61. The van der Waals surface area contributed by atoms with Crippen LogP contribution < -0.4 is 10.2 Å². The van der Waals surface area contributed by atoms with Gasteiger partial charge < -0.3 is 10.2 Å². The van der Waals surface area contributed by atoms with E-state index in [9.17, 15) is 9.59 Å². The second-order valence-electron chi connectivity index (χ2n) is 5.85. The van der Waals surface area contributed by atoms with Crippen LogP contribution in [0.15, 0.2) is 48.5 Å². The van der Waals surface area contributed by atoms with Crippen molar-refractivity contribution in [3.05, 3.63) is 65.2 Å². The Bertz CT molecular complexity index is 725. The molecule has 0 atom stereocenters. The minimum atomic E-state index is -0.148. The van der Waals surface area contributed by atoms with Crippen molar-refractivity contribution in [2.45, 2.75) is 27.2 Å². The molecule has 0 bridgehead atoms. The second-order valence-corrected chi connectivity index (χ2v) is 5.85. The number of hydrogen-bond acceptors (Lipinski definition) is 2. The second kappa shape index (κ2) is 8.29. The largest absolute Gasteiger partial charge is 0.352 e. The summed E-state index contributed by atoms with van der Waals surface area (Å²) in [4.78, 5) is 26.3. The summed E-state index contributed by atoms with van der Waals surface area (Å²) in [6.45, 7) is 6.83. The summed E-state index contributed by atoms with van der Waals surface area (Å²) in [7, 11) is 0. The monoisotopic (exact) mass is 324 g/mol.